The molecule has 0 bridgehead atoms. The Bertz CT molecular complexity index is 462. The number of halogens is 2. The van der Waals surface area contributed by atoms with Crippen LogP contribution in [-0.4, -0.2) is 16.2 Å². The Balaban J connectivity index is 2.25. The summed E-state index contributed by atoms with van der Waals surface area (Å²) in [6, 6.07) is 4.87. The highest BCUT2D eigenvalue weighted by Gasteiger charge is 2.38. The molecule has 0 heterocycles. The molecule has 3 atom stereocenters. The predicted octanol–water partition coefficient (Wildman–Crippen LogP) is 3.53. The van der Waals surface area contributed by atoms with Crippen molar-refractivity contribution in [1.82, 2.24) is 0 Å². The second kappa shape index (κ2) is 5.47. The summed E-state index contributed by atoms with van der Waals surface area (Å²) >= 11 is 11.8. The molecule has 1 saturated carbocycles. The molecule has 0 aliphatic heterocycles. The fourth-order valence-electron chi connectivity index (χ4n) is 2.65. The molecular weight excluding hydrogens is 275 g/mol. The summed E-state index contributed by atoms with van der Waals surface area (Å²) in [6.07, 6.45) is 1.29. The second-order valence-electron chi connectivity index (χ2n) is 4.65. The maximum atomic E-state index is 11.1. The van der Waals surface area contributed by atoms with Crippen molar-refractivity contribution < 1.29 is 15.0 Å². The van der Waals surface area contributed by atoms with Gasteiger partial charge in [-0.2, -0.15) is 0 Å². The number of hydrogen-bond donors (Lipinski definition) is 2. The van der Waals surface area contributed by atoms with Crippen LogP contribution in [0.5, 0.6) is 0 Å². The van der Waals surface area contributed by atoms with Gasteiger partial charge in [0.1, 0.15) is 0 Å². The summed E-state index contributed by atoms with van der Waals surface area (Å²) in [7, 11) is 0. The number of aliphatic hydroxyl groups excluding tert-OH is 1. The van der Waals surface area contributed by atoms with E-state index in [1.807, 2.05) is 0 Å². The highest BCUT2D eigenvalue weighted by molar-refractivity contribution is 6.35. The standard InChI is InChI=1S/C13H14Cl2O3/c14-7-4-5-10(11(15)6-7)12(16)8-2-1-3-9(8)13(17)18/h4-6,8-9,12,16H,1-3H2,(H,17,18). The van der Waals surface area contributed by atoms with E-state index in [0.717, 1.165) is 6.42 Å². The molecule has 2 N–H and O–H groups in total. The highest BCUT2D eigenvalue weighted by atomic mass is 35.5. The van der Waals surface area contributed by atoms with E-state index in [9.17, 15) is 9.90 Å². The lowest BCUT2D eigenvalue weighted by atomic mass is 9.87. The van der Waals surface area contributed by atoms with E-state index in [2.05, 4.69) is 0 Å². The molecule has 5 heteroatoms. The minimum atomic E-state index is -0.849. The van der Waals surface area contributed by atoms with Crippen LogP contribution >= 0.6 is 23.2 Å². The van der Waals surface area contributed by atoms with E-state index in [1.54, 1.807) is 18.2 Å². The van der Waals surface area contributed by atoms with Crippen LogP contribution < -0.4 is 0 Å². The van der Waals surface area contributed by atoms with Crippen molar-refractivity contribution in [3.63, 3.8) is 0 Å². The minimum Gasteiger partial charge on any atom is -0.481 e. The number of carboxylic acid groups (broad SMARTS) is 1. The number of aliphatic carboxylic acids is 1. The third-order valence-corrected chi connectivity index (χ3v) is 4.14. The molecule has 1 aromatic carbocycles. The normalized spacial score (nSPS) is 25.1. The van der Waals surface area contributed by atoms with Crippen LogP contribution in [0, 0.1) is 11.8 Å². The van der Waals surface area contributed by atoms with Crippen molar-refractivity contribution in [2.45, 2.75) is 25.4 Å². The van der Waals surface area contributed by atoms with E-state index >= 15 is 0 Å². The third kappa shape index (κ3) is 2.63. The van der Waals surface area contributed by atoms with Gasteiger partial charge < -0.3 is 10.2 Å². The summed E-state index contributed by atoms with van der Waals surface area (Å²) in [5, 5.41) is 20.3. The van der Waals surface area contributed by atoms with Gasteiger partial charge in [0.05, 0.1) is 12.0 Å². The third-order valence-electron chi connectivity index (χ3n) is 3.57. The molecule has 0 spiro atoms. The molecule has 3 nitrogen and oxygen atoms in total. The Labute approximate surface area is 115 Å². The Morgan fingerprint density at radius 3 is 2.67 bits per heavy atom. The maximum absolute atomic E-state index is 11.1. The van der Waals surface area contributed by atoms with Crippen molar-refractivity contribution in [3.05, 3.63) is 33.8 Å². The summed E-state index contributed by atoms with van der Waals surface area (Å²) in [5.74, 6) is -1.62. The van der Waals surface area contributed by atoms with E-state index in [-0.39, 0.29) is 5.92 Å². The Morgan fingerprint density at radius 1 is 1.33 bits per heavy atom. The Morgan fingerprint density at radius 2 is 2.06 bits per heavy atom. The van der Waals surface area contributed by atoms with Gasteiger partial charge in [-0.3, -0.25) is 4.79 Å². The molecule has 0 radical (unpaired) electrons. The fraction of sp³-hybridized carbons (Fsp3) is 0.462. The first-order valence-electron chi connectivity index (χ1n) is 5.86. The average molecular weight is 289 g/mol. The highest BCUT2D eigenvalue weighted by Crippen LogP contribution is 2.42. The summed E-state index contributed by atoms with van der Waals surface area (Å²) in [4.78, 5) is 11.1. The molecule has 18 heavy (non-hydrogen) atoms. The second-order valence-corrected chi connectivity index (χ2v) is 5.49. The molecule has 1 aliphatic carbocycles. The van der Waals surface area contributed by atoms with Gasteiger partial charge in [0.15, 0.2) is 0 Å². The molecular formula is C13H14Cl2O3. The van der Waals surface area contributed by atoms with Crippen molar-refractivity contribution in [2.75, 3.05) is 0 Å². The summed E-state index contributed by atoms with van der Waals surface area (Å²) < 4.78 is 0. The molecule has 98 valence electrons. The number of rotatable bonds is 3. The van der Waals surface area contributed by atoms with Crippen LogP contribution in [-0.2, 0) is 4.79 Å². The number of aliphatic hydroxyl groups is 1. The zero-order valence-corrected chi connectivity index (χ0v) is 11.2. The number of carbonyl (C=O) groups is 1. The molecule has 0 aromatic heterocycles. The van der Waals surface area contributed by atoms with Crippen molar-refractivity contribution in [2.24, 2.45) is 11.8 Å². The van der Waals surface area contributed by atoms with E-state index in [0.29, 0.717) is 28.5 Å². The van der Waals surface area contributed by atoms with Crippen LogP contribution in [0.3, 0.4) is 0 Å². The summed E-state index contributed by atoms with van der Waals surface area (Å²) in [6.45, 7) is 0. The molecule has 1 aliphatic rings. The number of benzene rings is 1. The monoisotopic (exact) mass is 288 g/mol. The van der Waals surface area contributed by atoms with Gasteiger partial charge in [-0.15, -0.1) is 0 Å². The molecule has 0 amide bonds. The Hall–Kier alpha value is -0.770. The predicted molar refractivity (Wildman–Crippen MR) is 69.9 cm³/mol. The zero-order valence-electron chi connectivity index (χ0n) is 9.64. The van der Waals surface area contributed by atoms with E-state index in [1.165, 1.54) is 0 Å². The lowest BCUT2D eigenvalue weighted by molar-refractivity contribution is -0.144. The van der Waals surface area contributed by atoms with E-state index < -0.39 is 18.0 Å². The first-order valence-corrected chi connectivity index (χ1v) is 6.62. The molecule has 2 rings (SSSR count). The van der Waals surface area contributed by atoms with Crippen LogP contribution in [0.2, 0.25) is 10.0 Å². The maximum Gasteiger partial charge on any atom is 0.306 e. The van der Waals surface area contributed by atoms with Gasteiger partial charge in [0.2, 0.25) is 0 Å². The van der Waals surface area contributed by atoms with Gasteiger partial charge in [0.25, 0.3) is 0 Å². The van der Waals surface area contributed by atoms with Gasteiger partial charge in [-0.1, -0.05) is 35.7 Å². The van der Waals surface area contributed by atoms with E-state index in [4.69, 9.17) is 28.3 Å². The lowest BCUT2D eigenvalue weighted by Gasteiger charge is -2.23. The number of carboxylic acids is 1. The van der Waals surface area contributed by atoms with Crippen molar-refractivity contribution in [1.29, 1.82) is 0 Å². The largest absolute Gasteiger partial charge is 0.481 e. The first-order chi connectivity index (χ1) is 8.50. The van der Waals surface area contributed by atoms with Gasteiger partial charge in [0, 0.05) is 16.0 Å². The smallest absolute Gasteiger partial charge is 0.306 e. The first kappa shape index (κ1) is 13.7. The minimum absolute atomic E-state index is 0.277. The van der Waals surface area contributed by atoms with Crippen LogP contribution in [0.25, 0.3) is 0 Å². The van der Waals surface area contributed by atoms with Crippen LogP contribution in [0.15, 0.2) is 18.2 Å². The van der Waals surface area contributed by atoms with Crippen molar-refractivity contribution >= 4 is 29.2 Å². The Kier molecular flexibility index (Phi) is 4.15. The fourth-order valence-corrected chi connectivity index (χ4v) is 3.17. The van der Waals surface area contributed by atoms with Gasteiger partial charge in [-0.25, -0.2) is 0 Å². The van der Waals surface area contributed by atoms with Gasteiger partial charge in [-0.05, 0) is 30.5 Å². The average Bonchev–Trinajstić information content (AvgIpc) is 2.77. The van der Waals surface area contributed by atoms with Crippen molar-refractivity contribution in [3.8, 4) is 0 Å². The zero-order chi connectivity index (χ0) is 13.3. The quantitative estimate of drug-likeness (QED) is 0.895. The molecule has 0 saturated heterocycles. The van der Waals surface area contributed by atoms with Crippen LogP contribution in [0.4, 0.5) is 0 Å². The van der Waals surface area contributed by atoms with Crippen LogP contribution in [0.1, 0.15) is 30.9 Å². The summed E-state index contributed by atoms with van der Waals surface area (Å²) in [5.41, 5.74) is 0.555. The SMILES string of the molecule is O=C(O)C1CCCC1C(O)c1ccc(Cl)cc1Cl. The molecule has 3 unspecified atom stereocenters. The topological polar surface area (TPSA) is 57.5 Å². The van der Waals surface area contributed by atoms with Gasteiger partial charge >= 0.3 is 5.97 Å². The lowest BCUT2D eigenvalue weighted by Crippen LogP contribution is -2.24. The molecule has 1 aromatic rings. The number of hydrogen-bond acceptors (Lipinski definition) is 2. The molecule has 1 fully saturated rings.